The van der Waals surface area contributed by atoms with Crippen LogP contribution in [-0.2, 0) is 25.5 Å². The minimum absolute atomic E-state index is 0.135. The van der Waals surface area contributed by atoms with Gasteiger partial charge in [0.2, 0.25) is 11.1 Å². The normalized spacial score (nSPS) is 37.9. The molecule has 6 rings (SSSR count). The first-order valence-corrected chi connectivity index (χ1v) is 15.6. The van der Waals surface area contributed by atoms with Gasteiger partial charge in [0.05, 0.1) is 29.9 Å². The number of carbonyl (C=O) groups excluding carboxylic acids is 2. The Labute approximate surface area is 252 Å². The fourth-order valence-corrected chi connectivity index (χ4v) is 10.0. The van der Waals surface area contributed by atoms with Gasteiger partial charge in [-0.25, -0.2) is 23.2 Å². The number of hydrogen-bond donors (Lipinski definition) is 1. The van der Waals surface area contributed by atoms with Gasteiger partial charge in [0.1, 0.15) is 18.3 Å². The number of fused-ring (bicyclic) bond motifs is 6. The van der Waals surface area contributed by atoms with Crippen LogP contribution in [0.4, 0.5) is 13.2 Å². The van der Waals surface area contributed by atoms with Gasteiger partial charge in [-0.2, -0.15) is 9.49 Å². The van der Waals surface area contributed by atoms with Crippen LogP contribution in [-0.4, -0.2) is 68.1 Å². The number of aliphatic hydroxyl groups is 1. The number of nitrogens with zero attached hydrogens (tertiary/aromatic N) is 3. The van der Waals surface area contributed by atoms with Gasteiger partial charge in [-0.1, -0.05) is 26.3 Å². The molecular weight excluding hydrogens is 583 g/mol. The molecule has 4 aliphatic rings. The monoisotopic (exact) mass is 619 g/mol. The largest absolute Gasteiger partial charge is 0.447 e. The zero-order valence-corrected chi connectivity index (χ0v) is 25.4. The van der Waals surface area contributed by atoms with Crippen LogP contribution in [0.5, 0.6) is 0 Å². The summed E-state index contributed by atoms with van der Waals surface area (Å²) in [5.41, 5.74) is -3.00. The average molecular weight is 620 g/mol. The van der Waals surface area contributed by atoms with Gasteiger partial charge in [-0.3, -0.25) is 4.79 Å². The number of carbonyl (C=O) groups is 2. The molecule has 0 spiro atoms. The van der Waals surface area contributed by atoms with Crippen LogP contribution in [0.2, 0.25) is 0 Å². The number of esters is 1. The number of ether oxygens (including phenoxy) is 2. The maximum absolute atomic E-state index is 18.1. The Kier molecular flexibility index (Phi) is 7.37. The summed E-state index contributed by atoms with van der Waals surface area (Å²) in [6.45, 7) is 5.03. The van der Waals surface area contributed by atoms with E-state index in [1.165, 1.54) is 19.4 Å². The topological polar surface area (TPSA) is 104 Å². The smallest absolute Gasteiger partial charge is 0.333 e. The zero-order valence-electron chi connectivity index (χ0n) is 24.6. The molecule has 0 radical (unpaired) electrons. The minimum atomic E-state index is -2.05. The van der Waals surface area contributed by atoms with E-state index < -0.39 is 75.6 Å². The molecule has 2 aromatic rings. The van der Waals surface area contributed by atoms with Crippen LogP contribution in [0.25, 0.3) is 11.8 Å². The highest BCUT2D eigenvalue weighted by Crippen LogP contribution is 2.72. The Morgan fingerprint density at radius 1 is 1.23 bits per heavy atom. The number of aliphatic hydroxyl groups excluding tert-OH is 1. The van der Waals surface area contributed by atoms with Gasteiger partial charge in [-0.15, -0.1) is 0 Å². The Hall–Kier alpha value is -2.70. The van der Waals surface area contributed by atoms with E-state index in [1.54, 1.807) is 30.8 Å². The van der Waals surface area contributed by atoms with Crippen LogP contribution in [0.15, 0.2) is 30.1 Å². The van der Waals surface area contributed by atoms with Crippen LogP contribution in [0.1, 0.15) is 57.7 Å². The molecule has 43 heavy (non-hydrogen) atoms. The van der Waals surface area contributed by atoms with Crippen LogP contribution < -0.4 is 0 Å². The summed E-state index contributed by atoms with van der Waals surface area (Å²) >= 11 is 0.444. The van der Waals surface area contributed by atoms with Gasteiger partial charge < -0.3 is 14.6 Å². The van der Waals surface area contributed by atoms with Crippen molar-refractivity contribution in [1.29, 1.82) is 0 Å². The van der Waals surface area contributed by atoms with Crippen molar-refractivity contribution in [2.24, 2.45) is 28.6 Å². The molecule has 2 heterocycles. The Balaban J connectivity index is 1.40. The van der Waals surface area contributed by atoms with Gasteiger partial charge in [-0.05, 0) is 73.6 Å². The molecule has 0 amide bonds. The van der Waals surface area contributed by atoms with E-state index in [4.69, 9.17) is 9.47 Å². The van der Waals surface area contributed by atoms with Crippen molar-refractivity contribution >= 4 is 28.9 Å². The SMILES string of the molecule is COCC(=O)O[C@]1(C(=O)SCF)[C@H](C)C[C@H]2[C@@H]3CCC4=Cc5c(cnn5-c5ccc(F)nc5)C[C@]4(C)[C@@]3(F)[C@@H](O)C[C@@]21C. The molecule has 0 aliphatic heterocycles. The first-order valence-electron chi connectivity index (χ1n) is 14.6. The van der Waals surface area contributed by atoms with Crippen molar-refractivity contribution < 1.29 is 37.3 Å². The molecule has 3 saturated carbocycles. The highest BCUT2D eigenvalue weighted by atomic mass is 32.2. The van der Waals surface area contributed by atoms with E-state index in [-0.39, 0.29) is 12.8 Å². The fraction of sp³-hybridized carbons (Fsp3) is 0.613. The number of thioether (sulfide) groups is 1. The third kappa shape index (κ3) is 4.04. The number of pyridine rings is 1. The Bertz CT molecular complexity index is 1490. The van der Waals surface area contributed by atoms with Gasteiger partial charge in [0.15, 0.2) is 5.60 Å². The second-order valence-electron chi connectivity index (χ2n) is 13.0. The number of rotatable bonds is 6. The third-order valence-electron chi connectivity index (χ3n) is 11.1. The van der Waals surface area contributed by atoms with Gasteiger partial charge >= 0.3 is 5.97 Å². The van der Waals surface area contributed by atoms with Crippen molar-refractivity contribution in [3.63, 3.8) is 0 Å². The lowest BCUT2D eigenvalue weighted by Crippen LogP contribution is -2.70. The second-order valence-corrected chi connectivity index (χ2v) is 13.8. The maximum atomic E-state index is 18.1. The van der Waals surface area contributed by atoms with Crippen molar-refractivity contribution in [3.05, 3.63) is 47.3 Å². The van der Waals surface area contributed by atoms with Crippen molar-refractivity contribution in [3.8, 4) is 5.69 Å². The molecule has 12 heteroatoms. The lowest BCUT2D eigenvalue weighted by atomic mass is 9.44. The number of aromatic nitrogens is 3. The number of halogens is 3. The first-order chi connectivity index (χ1) is 20.4. The lowest BCUT2D eigenvalue weighted by molar-refractivity contribution is -0.231. The zero-order chi connectivity index (χ0) is 30.9. The summed E-state index contributed by atoms with van der Waals surface area (Å²) in [6, 6.07) is 1.84. The van der Waals surface area contributed by atoms with Crippen LogP contribution in [0.3, 0.4) is 0 Å². The average Bonchev–Trinajstić information content (AvgIpc) is 3.45. The molecule has 1 N–H and O–H groups in total. The predicted octanol–water partition coefficient (Wildman–Crippen LogP) is 5.01. The highest BCUT2D eigenvalue weighted by Gasteiger charge is 2.77. The number of methoxy groups -OCH3 is 1. The molecule has 8 nitrogen and oxygen atoms in total. The molecule has 0 aromatic carbocycles. The molecule has 8 atom stereocenters. The van der Waals surface area contributed by atoms with E-state index in [0.29, 0.717) is 36.7 Å². The fourth-order valence-electron chi connectivity index (χ4n) is 9.25. The maximum Gasteiger partial charge on any atom is 0.333 e. The van der Waals surface area contributed by atoms with Gasteiger partial charge in [0.25, 0.3) is 0 Å². The van der Waals surface area contributed by atoms with Gasteiger partial charge in [0, 0.05) is 29.8 Å². The number of alkyl halides is 2. The number of allylic oxidation sites excluding steroid dienone is 1. The molecular formula is C31H36F3N3O5S. The Morgan fingerprint density at radius 3 is 2.67 bits per heavy atom. The van der Waals surface area contributed by atoms with Crippen molar-refractivity contribution in [2.45, 2.75) is 70.2 Å². The second kappa shape index (κ2) is 10.4. The predicted molar refractivity (Wildman–Crippen MR) is 153 cm³/mol. The molecule has 0 unspecified atom stereocenters. The summed E-state index contributed by atoms with van der Waals surface area (Å²) in [5.74, 6) is -2.95. The Morgan fingerprint density at radius 2 is 2.00 bits per heavy atom. The molecule has 0 saturated heterocycles. The first kappa shape index (κ1) is 30.3. The molecule has 0 bridgehead atoms. The van der Waals surface area contributed by atoms with E-state index in [9.17, 15) is 23.5 Å². The van der Waals surface area contributed by atoms with E-state index in [2.05, 4.69) is 10.1 Å². The summed E-state index contributed by atoms with van der Waals surface area (Å²) in [7, 11) is 1.33. The van der Waals surface area contributed by atoms with Crippen LogP contribution in [0, 0.1) is 34.5 Å². The lowest BCUT2D eigenvalue weighted by Gasteiger charge is -2.63. The molecule has 232 valence electrons. The minimum Gasteiger partial charge on any atom is -0.447 e. The molecule has 2 aromatic heterocycles. The molecule has 3 fully saturated rings. The van der Waals surface area contributed by atoms with Crippen molar-refractivity contribution in [2.75, 3.05) is 19.7 Å². The summed E-state index contributed by atoms with van der Waals surface area (Å²) in [5, 5.41) is 15.8. The number of hydrogen-bond acceptors (Lipinski definition) is 8. The quantitative estimate of drug-likeness (QED) is 0.356. The van der Waals surface area contributed by atoms with Crippen molar-refractivity contribution in [1.82, 2.24) is 14.8 Å². The van der Waals surface area contributed by atoms with Crippen LogP contribution >= 0.6 is 11.8 Å². The van der Waals surface area contributed by atoms with E-state index >= 15 is 4.39 Å². The summed E-state index contributed by atoms with van der Waals surface area (Å²) in [4.78, 5) is 30.2. The highest BCUT2D eigenvalue weighted by molar-refractivity contribution is 8.13. The standard InChI is InChI=1S/C31H36F3N3O5S/c1-17-9-22-21-7-5-19-10-23-18(13-36-37(23)20-6-8-25(33)35-14-20)11-28(19,2)30(21,34)24(38)12-29(22,3)31(17,27(40)43-16-32)42-26(39)15-41-4/h6,8,10,13-14,17,21-22,24,38H,5,7,9,11-12,15-16H2,1-4H3/t17-,21+,22+,24+,28+,29+,30+,31+/m1/s1. The van der Waals surface area contributed by atoms with E-state index in [1.807, 2.05) is 13.0 Å². The molecule has 4 aliphatic carbocycles. The van der Waals surface area contributed by atoms with E-state index in [0.717, 1.165) is 16.8 Å². The summed E-state index contributed by atoms with van der Waals surface area (Å²) in [6.07, 6.45) is 5.02. The summed E-state index contributed by atoms with van der Waals surface area (Å²) < 4.78 is 57.6. The third-order valence-corrected chi connectivity index (χ3v) is 11.8.